The predicted molar refractivity (Wildman–Crippen MR) is 100 cm³/mol. The second kappa shape index (κ2) is 8.45. The number of thiophene rings is 1. The van der Waals surface area contributed by atoms with Gasteiger partial charge in [-0.25, -0.2) is 4.39 Å². The first kappa shape index (κ1) is 18.6. The first-order chi connectivity index (χ1) is 12.5. The number of rotatable bonds is 6. The van der Waals surface area contributed by atoms with Gasteiger partial charge in [0.25, 0.3) is 0 Å². The third-order valence-corrected chi connectivity index (χ3v) is 5.89. The molecule has 0 saturated carbocycles. The summed E-state index contributed by atoms with van der Waals surface area (Å²) in [6.07, 6.45) is 1.70. The van der Waals surface area contributed by atoms with E-state index in [1.165, 1.54) is 16.5 Å². The van der Waals surface area contributed by atoms with Crippen LogP contribution in [0.4, 0.5) is 4.39 Å². The smallest absolute Gasteiger partial charge is 0.224 e. The number of hydrogen-bond acceptors (Lipinski definition) is 3. The van der Waals surface area contributed by atoms with Crippen LogP contribution < -0.4 is 5.32 Å². The van der Waals surface area contributed by atoms with Crippen LogP contribution in [-0.4, -0.2) is 29.8 Å². The molecule has 1 aliphatic heterocycles. The lowest BCUT2D eigenvalue weighted by molar-refractivity contribution is -0.138. The number of likely N-dealkylation sites (tertiary alicyclic amines) is 1. The standard InChI is InChI=1S/C20H23FN2O2S/c1-14-9-11-26-18(14)8-10-22-20(25)16-6-7-19(24)23(13-16)12-15-4-2-3-5-17(15)21/h2-5,9,11,16H,6-8,10,12-13H2,1H3,(H,22,25). The molecule has 0 radical (unpaired) electrons. The predicted octanol–water partition coefficient (Wildman–Crippen LogP) is 3.29. The first-order valence-corrected chi connectivity index (χ1v) is 9.74. The molecule has 6 heteroatoms. The number of nitrogens with one attached hydrogen (secondary N) is 1. The average molecular weight is 374 g/mol. The van der Waals surface area contributed by atoms with Gasteiger partial charge >= 0.3 is 0 Å². The molecule has 0 spiro atoms. The molecule has 1 N–H and O–H groups in total. The van der Waals surface area contributed by atoms with Gasteiger partial charge in [-0.15, -0.1) is 11.3 Å². The van der Waals surface area contributed by atoms with Gasteiger partial charge < -0.3 is 10.2 Å². The Labute approximate surface area is 157 Å². The molecule has 1 saturated heterocycles. The van der Waals surface area contributed by atoms with Crippen LogP contribution in [0.1, 0.15) is 28.8 Å². The minimum atomic E-state index is -0.321. The summed E-state index contributed by atoms with van der Waals surface area (Å²) in [6, 6.07) is 8.53. The van der Waals surface area contributed by atoms with E-state index in [1.807, 2.05) is 0 Å². The molecule has 0 bridgehead atoms. The molecule has 1 aliphatic rings. The molecular weight excluding hydrogens is 351 g/mol. The zero-order valence-electron chi connectivity index (χ0n) is 14.8. The fourth-order valence-electron chi connectivity index (χ4n) is 3.22. The summed E-state index contributed by atoms with van der Waals surface area (Å²) in [7, 11) is 0. The van der Waals surface area contributed by atoms with E-state index in [1.54, 1.807) is 34.4 Å². The zero-order valence-corrected chi connectivity index (χ0v) is 15.7. The molecule has 26 heavy (non-hydrogen) atoms. The van der Waals surface area contributed by atoms with Gasteiger partial charge in [0.1, 0.15) is 5.82 Å². The fraction of sp³-hybridized carbons (Fsp3) is 0.400. The Bertz CT molecular complexity index is 790. The number of benzene rings is 1. The van der Waals surface area contributed by atoms with Crippen molar-refractivity contribution in [3.05, 3.63) is 57.5 Å². The van der Waals surface area contributed by atoms with E-state index in [4.69, 9.17) is 0 Å². The Morgan fingerprint density at radius 3 is 2.88 bits per heavy atom. The number of carbonyl (C=O) groups is 2. The quantitative estimate of drug-likeness (QED) is 0.843. The molecule has 2 amide bonds. The second-order valence-electron chi connectivity index (χ2n) is 6.67. The number of nitrogens with zero attached hydrogens (tertiary/aromatic N) is 1. The lowest BCUT2D eigenvalue weighted by Crippen LogP contribution is -2.45. The van der Waals surface area contributed by atoms with E-state index < -0.39 is 0 Å². The first-order valence-electron chi connectivity index (χ1n) is 8.86. The molecule has 1 aromatic carbocycles. The Morgan fingerprint density at radius 1 is 1.35 bits per heavy atom. The number of halogens is 1. The van der Waals surface area contributed by atoms with Gasteiger partial charge in [0.05, 0.1) is 5.92 Å². The highest BCUT2D eigenvalue weighted by Crippen LogP contribution is 2.21. The lowest BCUT2D eigenvalue weighted by atomic mass is 9.96. The van der Waals surface area contributed by atoms with Crippen LogP contribution in [0.3, 0.4) is 0 Å². The van der Waals surface area contributed by atoms with Crippen LogP contribution in [0.25, 0.3) is 0 Å². The zero-order chi connectivity index (χ0) is 18.5. The van der Waals surface area contributed by atoms with E-state index >= 15 is 0 Å². The Kier molecular flexibility index (Phi) is 6.04. The summed E-state index contributed by atoms with van der Waals surface area (Å²) in [5, 5.41) is 5.04. The molecule has 1 aromatic heterocycles. The lowest BCUT2D eigenvalue weighted by Gasteiger charge is -2.32. The number of carbonyl (C=O) groups excluding carboxylic acids is 2. The van der Waals surface area contributed by atoms with Gasteiger partial charge in [-0.2, -0.15) is 0 Å². The number of aryl methyl sites for hydroxylation is 1. The van der Waals surface area contributed by atoms with Crippen LogP contribution in [0.15, 0.2) is 35.7 Å². The third-order valence-electron chi connectivity index (χ3n) is 4.81. The summed E-state index contributed by atoms with van der Waals surface area (Å²) in [4.78, 5) is 27.5. The minimum Gasteiger partial charge on any atom is -0.355 e. The van der Waals surface area contributed by atoms with Crippen molar-refractivity contribution in [3.63, 3.8) is 0 Å². The van der Waals surface area contributed by atoms with Crippen LogP contribution >= 0.6 is 11.3 Å². The van der Waals surface area contributed by atoms with Gasteiger partial charge in [0.2, 0.25) is 11.8 Å². The highest BCUT2D eigenvalue weighted by atomic mass is 32.1. The minimum absolute atomic E-state index is 0.0217. The maximum Gasteiger partial charge on any atom is 0.224 e. The number of hydrogen-bond donors (Lipinski definition) is 1. The van der Waals surface area contributed by atoms with E-state index in [2.05, 4.69) is 23.7 Å². The molecule has 1 fully saturated rings. The Balaban J connectivity index is 1.53. The summed E-state index contributed by atoms with van der Waals surface area (Å²) in [6.45, 7) is 3.22. The maximum absolute atomic E-state index is 13.8. The van der Waals surface area contributed by atoms with Crippen molar-refractivity contribution in [2.45, 2.75) is 32.7 Å². The molecule has 138 valence electrons. The molecule has 4 nitrogen and oxygen atoms in total. The van der Waals surface area contributed by atoms with Crippen molar-refractivity contribution in [2.24, 2.45) is 5.92 Å². The van der Waals surface area contributed by atoms with Gasteiger partial charge in [-0.05, 0) is 42.8 Å². The molecule has 1 unspecified atom stereocenters. The van der Waals surface area contributed by atoms with Gasteiger partial charge in [-0.3, -0.25) is 9.59 Å². The molecule has 2 heterocycles. The van der Waals surface area contributed by atoms with Crippen molar-refractivity contribution in [1.29, 1.82) is 0 Å². The van der Waals surface area contributed by atoms with E-state index in [0.29, 0.717) is 31.5 Å². The van der Waals surface area contributed by atoms with E-state index in [-0.39, 0.29) is 30.1 Å². The van der Waals surface area contributed by atoms with Gasteiger partial charge in [-0.1, -0.05) is 18.2 Å². The van der Waals surface area contributed by atoms with Crippen LogP contribution in [0, 0.1) is 18.7 Å². The maximum atomic E-state index is 13.8. The van der Waals surface area contributed by atoms with Crippen molar-refractivity contribution in [3.8, 4) is 0 Å². The molecule has 0 aliphatic carbocycles. The monoisotopic (exact) mass is 374 g/mol. The highest BCUT2D eigenvalue weighted by molar-refractivity contribution is 7.10. The molecule has 2 aromatic rings. The normalized spacial score (nSPS) is 17.4. The van der Waals surface area contributed by atoms with Crippen molar-refractivity contribution < 1.29 is 14.0 Å². The summed E-state index contributed by atoms with van der Waals surface area (Å²) < 4.78 is 13.8. The topological polar surface area (TPSA) is 49.4 Å². The van der Waals surface area contributed by atoms with Crippen LogP contribution in [-0.2, 0) is 22.6 Å². The molecular formula is C20H23FN2O2S. The van der Waals surface area contributed by atoms with Crippen LogP contribution in [0.2, 0.25) is 0 Å². The highest BCUT2D eigenvalue weighted by Gasteiger charge is 2.30. The average Bonchev–Trinajstić information content (AvgIpc) is 3.03. The van der Waals surface area contributed by atoms with Crippen molar-refractivity contribution in [2.75, 3.05) is 13.1 Å². The molecule has 1 atom stereocenters. The Morgan fingerprint density at radius 2 is 2.15 bits per heavy atom. The van der Waals surface area contributed by atoms with Gasteiger partial charge in [0.15, 0.2) is 0 Å². The van der Waals surface area contributed by atoms with Crippen LogP contribution in [0.5, 0.6) is 0 Å². The van der Waals surface area contributed by atoms with Crippen molar-refractivity contribution >= 4 is 23.2 Å². The van der Waals surface area contributed by atoms with Crippen molar-refractivity contribution in [1.82, 2.24) is 10.2 Å². The third kappa shape index (κ3) is 4.49. The molecule has 3 rings (SSSR count). The number of amides is 2. The Hall–Kier alpha value is -2.21. The summed E-state index contributed by atoms with van der Waals surface area (Å²) in [5.41, 5.74) is 1.73. The SMILES string of the molecule is Cc1ccsc1CCNC(=O)C1CCC(=O)N(Cc2ccccc2F)C1. The van der Waals surface area contributed by atoms with Gasteiger partial charge in [0, 0.05) is 36.5 Å². The van der Waals surface area contributed by atoms with E-state index in [9.17, 15) is 14.0 Å². The van der Waals surface area contributed by atoms with E-state index in [0.717, 1.165) is 6.42 Å². The fourth-order valence-corrected chi connectivity index (χ4v) is 4.13. The number of piperidine rings is 1. The second-order valence-corrected chi connectivity index (χ2v) is 7.67. The summed E-state index contributed by atoms with van der Waals surface area (Å²) in [5.74, 6) is -0.598. The largest absolute Gasteiger partial charge is 0.355 e. The summed E-state index contributed by atoms with van der Waals surface area (Å²) >= 11 is 1.70.